The van der Waals surface area contributed by atoms with E-state index in [9.17, 15) is 4.79 Å². The Labute approximate surface area is 120 Å². The number of nitrogens with zero attached hydrogens (tertiary/aromatic N) is 3. The minimum absolute atomic E-state index is 0.0843. The van der Waals surface area contributed by atoms with Crippen LogP contribution in [0.3, 0.4) is 0 Å². The predicted octanol–water partition coefficient (Wildman–Crippen LogP) is 2.55. The first-order valence-electron chi connectivity index (χ1n) is 7.74. The van der Waals surface area contributed by atoms with Gasteiger partial charge in [-0.3, -0.25) is 4.79 Å². The molecular weight excluding hydrogens is 250 g/mol. The van der Waals surface area contributed by atoms with E-state index < -0.39 is 0 Å². The number of hydrogen-bond donors (Lipinski definition) is 0. The van der Waals surface area contributed by atoms with Gasteiger partial charge < -0.3 is 9.80 Å². The molecule has 1 unspecified atom stereocenters. The number of rotatable bonds is 2. The van der Waals surface area contributed by atoms with Crippen LogP contribution in [0.2, 0.25) is 0 Å². The zero-order valence-corrected chi connectivity index (χ0v) is 12.2. The molecule has 4 heteroatoms. The molecule has 0 saturated carbocycles. The van der Waals surface area contributed by atoms with Gasteiger partial charge in [0, 0.05) is 26.2 Å². The summed E-state index contributed by atoms with van der Waals surface area (Å²) in [6.07, 6.45) is 6.66. The van der Waals surface area contributed by atoms with Crippen molar-refractivity contribution in [2.75, 3.05) is 31.1 Å². The lowest BCUT2D eigenvalue weighted by Crippen LogP contribution is -2.34. The minimum Gasteiger partial charge on any atom is -0.370 e. The fourth-order valence-electron chi connectivity index (χ4n) is 3.21. The van der Waals surface area contributed by atoms with Crippen LogP contribution in [0.15, 0.2) is 18.3 Å². The summed E-state index contributed by atoms with van der Waals surface area (Å²) in [7, 11) is 0. The lowest BCUT2D eigenvalue weighted by molar-refractivity contribution is 0.0787. The first-order chi connectivity index (χ1) is 9.74. The second-order valence-electron chi connectivity index (χ2n) is 6.09. The molecule has 4 nitrogen and oxygen atoms in total. The SMILES string of the molecule is CC1CCCN(c2ccc(C(=O)N3CCCC3)nc2)C1. The molecule has 1 aromatic rings. The zero-order chi connectivity index (χ0) is 13.9. The molecule has 2 aliphatic rings. The molecule has 0 aromatic carbocycles. The molecule has 0 radical (unpaired) electrons. The van der Waals surface area contributed by atoms with Crippen molar-refractivity contribution in [3.63, 3.8) is 0 Å². The number of carbonyl (C=O) groups excluding carboxylic acids is 1. The van der Waals surface area contributed by atoms with Crippen LogP contribution in [-0.4, -0.2) is 42.0 Å². The molecule has 0 bridgehead atoms. The Balaban J connectivity index is 1.69. The van der Waals surface area contributed by atoms with E-state index in [1.807, 2.05) is 23.2 Å². The van der Waals surface area contributed by atoms with E-state index in [2.05, 4.69) is 16.8 Å². The van der Waals surface area contributed by atoms with Crippen molar-refractivity contribution in [3.8, 4) is 0 Å². The van der Waals surface area contributed by atoms with Crippen molar-refractivity contribution in [2.45, 2.75) is 32.6 Å². The summed E-state index contributed by atoms with van der Waals surface area (Å²) in [5, 5.41) is 0. The van der Waals surface area contributed by atoms with Crippen LogP contribution in [0.4, 0.5) is 5.69 Å². The average molecular weight is 273 g/mol. The Bertz CT molecular complexity index is 465. The number of amides is 1. The van der Waals surface area contributed by atoms with Crippen LogP contribution < -0.4 is 4.90 Å². The van der Waals surface area contributed by atoms with Crippen molar-refractivity contribution in [3.05, 3.63) is 24.0 Å². The third kappa shape index (κ3) is 2.79. The molecule has 2 aliphatic heterocycles. The number of pyridine rings is 1. The third-order valence-electron chi connectivity index (χ3n) is 4.38. The predicted molar refractivity (Wildman–Crippen MR) is 80.0 cm³/mol. The van der Waals surface area contributed by atoms with Gasteiger partial charge in [0.05, 0.1) is 11.9 Å². The average Bonchev–Trinajstić information content (AvgIpc) is 3.01. The molecule has 108 valence electrons. The molecule has 0 aliphatic carbocycles. The number of aromatic nitrogens is 1. The van der Waals surface area contributed by atoms with Gasteiger partial charge in [0.25, 0.3) is 5.91 Å². The number of hydrogen-bond acceptors (Lipinski definition) is 3. The van der Waals surface area contributed by atoms with E-state index in [1.54, 1.807) is 0 Å². The maximum absolute atomic E-state index is 12.2. The van der Waals surface area contributed by atoms with Crippen molar-refractivity contribution in [2.24, 2.45) is 5.92 Å². The standard InChI is InChI=1S/C16H23N3O/c1-13-5-4-10-19(12-13)14-6-7-15(17-11-14)16(20)18-8-2-3-9-18/h6-7,11,13H,2-5,8-10,12H2,1H3. The molecule has 3 heterocycles. The summed E-state index contributed by atoms with van der Waals surface area (Å²) in [6.45, 7) is 6.26. The first-order valence-corrected chi connectivity index (χ1v) is 7.74. The van der Waals surface area contributed by atoms with Crippen LogP contribution in [0.1, 0.15) is 43.1 Å². The summed E-state index contributed by atoms with van der Waals surface area (Å²) in [5.41, 5.74) is 1.73. The smallest absolute Gasteiger partial charge is 0.272 e. The van der Waals surface area contributed by atoms with Gasteiger partial charge >= 0.3 is 0 Å². The molecule has 0 N–H and O–H groups in total. The maximum Gasteiger partial charge on any atom is 0.272 e. The lowest BCUT2D eigenvalue weighted by Gasteiger charge is -2.32. The minimum atomic E-state index is 0.0843. The van der Waals surface area contributed by atoms with Crippen LogP contribution >= 0.6 is 0 Å². The molecule has 3 rings (SSSR count). The van der Waals surface area contributed by atoms with Gasteiger partial charge in [0.1, 0.15) is 5.69 Å². The van der Waals surface area contributed by atoms with Crippen molar-refractivity contribution >= 4 is 11.6 Å². The molecule has 20 heavy (non-hydrogen) atoms. The Kier molecular flexibility index (Phi) is 3.90. The summed E-state index contributed by atoms with van der Waals surface area (Å²) >= 11 is 0. The summed E-state index contributed by atoms with van der Waals surface area (Å²) in [6, 6.07) is 3.93. The van der Waals surface area contributed by atoms with E-state index in [0.29, 0.717) is 5.69 Å². The van der Waals surface area contributed by atoms with Gasteiger partial charge in [-0.25, -0.2) is 4.98 Å². The monoisotopic (exact) mass is 273 g/mol. The topological polar surface area (TPSA) is 36.4 Å². The maximum atomic E-state index is 12.2. The number of piperidine rings is 1. The quantitative estimate of drug-likeness (QED) is 0.831. The number of likely N-dealkylation sites (tertiary alicyclic amines) is 1. The van der Waals surface area contributed by atoms with Gasteiger partial charge in [-0.2, -0.15) is 0 Å². The fraction of sp³-hybridized carbons (Fsp3) is 0.625. The lowest BCUT2D eigenvalue weighted by atomic mass is 10.00. The second kappa shape index (κ2) is 5.81. The summed E-state index contributed by atoms with van der Waals surface area (Å²) in [4.78, 5) is 20.9. The Morgan fingerprint density at radius 1 is 1.20 bits per heavy atom. The Hall–Kier alpha value is -1.58. The third-order valence-corrected chi connectivity index (χ3v) is 4.38. The van der Waals surface area contributed by atoms with Crippen LogP contribution in [0.25, 0.3) is 0 Å². The van der Waals surface area contributed by atoms with Crippen molar-refractivity contribution < 1.29 is 4.79 Å². The fourth-order valence-corrected chi connectivity index (χ4v) is 3.21. The first kappa shape index (κ1) is 13.4. The van der Waals surface area contributed by atoms with Crippen LogP contribution in [0.5, 0.6) is 0 Å². The van der Waals surface area contributed by atoms with Crippen molar-refractivity contribution in [1.82, 2.24) is 9.88 Å². The Morgan fingerprint density at radius 3 is 2.65 bits per heavy atom. The highest BCUT2D eigenvalue weighted by atomic mass is 16.2. The number of anilines is 1. The van der Waals surface area contributed by atoms with Gasteiger partial charge in [0.15, 0.2) is 0 Å². The Morgan fingerprint density at radius 2 is 2.00 bits per heavy atom. The highest BCUT2D eigenvalue weighted by Gasteiger charge is 2.21. The van der Waals surface area contributed by atoms with E-state index in [0.717, 1.165) is 50.6 Å². The van der Waals surface area contributed by atoms with Gasteiger partial charge in [-0.1, -0.05) is 6.92 Å². The molecule has 0 spiro atoms. The molecule has 2 saturated heterocycles. The largest absolute Gasteiger partial charge is 0.370 e. The normalized spacial score (nSPS) is 23.1. The van der Waals surface area contributed by atoms with Gasteiger partial charge in [-0.05, 0) is 43.7 Å². The van der Waals surface area contributed by atoms with Gasteiger partial charge in [0.2, 0.25) is 0 Å². The summed E-state index contributed by atoms with van der Waals surface area (Å²) < 4.78 is 0. The molecule has 1 aromatic heterocycles. The van der Waals surface area contributed by atoms with Crippen molar-refractivity contribution in [1.29, 1.82) is 0 Å². The van der Waals surface area contributed by atoms with E-state index in [-0.39, 0.29) is 5.91 Å². The molecule has 1 amide bonds. The number of carbonyl (C=O) groups is 1. The van der Waals surface area contributed by atoms with Crippen LogP contribution in [0, 0.1) is 5.92 Å². The van der Waals surface area contributed by atoms with E-state index in [1.165, 1.54) is 12.8 Å². The van der Waals surface area contributed by atoms with Gasteiger partial charge in [-0.15, -0.1) is 0 Å². The molecule has 2 fully saturated rings. The van der Waals surface area contributed by atoms with E-state index >= 15 is 0 Å². The zero-order valence-electron chi connectivity index (χ0n) is 12.2. The van der Waals surface area contributed by atoms with E-state index in [4.69, 9.17) is 0 Å². The highest BCUT2D eigenvalue weighted by molar-refractivity contribution is 5.92. The highest BCUT2D eigenvalue weighted by Crippen LogP contribution is 2.22. The molecule has 1 atom stereocenters. The summed E-state index contributed by atoms with van der Waals surface area (Å²) in [5.74, 6) is 0.829. The second-order valence-corrected chi connectivity index (χ2v) is 6.09. The molecular formula is C16H23N3O. The van der Waals surface area contributed by atoms with Crippen LogP contribution in [-0.2, 0) is 0 Å².